The molecule has 2 fully saturated rings. The van der Waals surface area contributed by atoms with E-state index in [1.54, 1.807) is 0 Å². The number of aliphatic hydroxyl groups is 2. The molecule has 0 aromatic rings. The van der Waals surface area contributed by atoms with Crippen molar-refractivity contribution in [3.8, 4) is 0 Å². The van der Waals surface area contributed by atoms with E-state index in [1.807, 2.05) is 0 Å². The molecule has 0 aliphatic carbocycles. The Hall–Kier alpha value is 8.84. The third kappa shape index (κ3) is 27.3. The van der Waals surface area contributed by atoms with Crippen LogP contribution in [-0.2, 0) is 102 Å². The molecule has 2 saturated heterocycles. The summed E-state index contributed by atoms with van der Waals surface area (Å²) in [7, 11) is -35.0. The maximum atomic E-state index is 11.7. The van der Waals surface area contributed by atoms with Gasteiger partial charge in [0.25, 0.3) is 0 Å². The fourth-order valence-corrected chi connectivity index (χ4v) is 6.49. The molecule has 0 saturated carbocycles. The van der Waals surface area contributed by atoms with Crippen molar-refractivity contribution in [2.24, 2.45) is 0 Å². The number of ether oxygens (including phenoxy) is 3. The van der Waals surface area contributed by atoms with Crippen molar-refractivity contribution in [2.75, 3.05) is 19.8 Å². The largest absolute Gasteiger partial charge is 0.397 e. The molecule has 2 heterocycles. The first-order valence-corrected chi connectivity index (χ1v) is 19.2. The molecule has 0 bridgehead atoms. The minimum Gasteiger partial charge on any atom is -0.394 e. The van der Waals surface area contributed by atoms with E-state index in [2.05, 4.69) is 25.1 Å². The molecule has 2 aliphatic heterocycles. The Morgan fingerprint density at radius 1 is 0.528 bits per heavy atom. The van der Waals surface area contributed by atoms with Gasteiger partial charge in [-0.15, -0.1) is 0 Å². The van der Waals surface area contributed by atoms with Crippen LogP contribution in [0.15, 0.2) is 0 Å². The van der Waals surface area contributed by atoms with E-state index < -0.39 is 137 Å². The predicted octanol–water partition coefficient (Wildman–Crippen LogP) is -8.72. The Bertz CT molecular complexity index is 1790. The maximum absolute atomic E-state index is 11.7. The average molecular weight is 1060 g/mol. The minimum atomic E-state index is -6.05. The molecule has 0 aromatic heterocycles. The summed E-state index contributed by atoms with van der Waals surface area (Å²) in [5, 5.41) is 19.9. The number of aliphatic hydroxyl groups excluding tert-OH is 2. The monoisotopic (exact) mass is 1060 g/mol. The molecule has 53 heavy (non-hydrogen) atoms. The molecule has 8 N–H and O–H groups in total. The van der Waals surface area contributed by atoms with Crippen LogP contribution in [0.1, 0.15) is 0 Å². The second-order valence-electron chi connectivity index (χ2n) is 8.61. The van der Waals surface area contributed by atoms with E-state index >= 15 is 0 Å². The van der Waals surface area contributed by atoms with Crippen molar-refractivity contribution in [1.82, 2.24) is 0 Å². The van der Waals surface area contributed by atoms with Gasteiger partial charge in [0.05, 0.1) is 13.2 Å². The molecule has 0 spiro atoms. The second kappa shape index (κ2) is 28.9. The standard InChI is InChI=1S/C12H22O29S6.6K/c13-1-4-6(14)8(39-45(24,25)26)9(40-46(27,28)29)11(35-4)37-12(3-34-43(18,19)20)10(41-47(30,31)32)7(38-44(21,22)23)5(36-12)2-33-42(15,16)17;;;;;;/h4-11,13-14H,1-3H2,(H,15,16,17)(H,18,19,20)(H,21,22,23)(H,24,25,26)(H,27,28,29)(H,30,31,32);;;;;;/t4-,5-,6-,7-,8+,9-,10+,11-,12+;;;;;;/m1....../s1. The van der Waals surface area contributed by atoms with Crippen LogP contribution in [0.2, 0.25) is 0 Å². The maximum Gasteiger partial charge on any atom is 0.397 e. The van der Waals surface area contributed by atoms with Crippen LogP contribution in [0.3, 0.4) is 0 Å². The topological polar surface area (TPSA) is 450 Å². The summed E-state index contributed by atoms with van der Waals surface area (Å²) < 4.78 is 232. The quantitative estimate of drug-likeness (QED) is 0.0495. The zero-order valence-corrected chi connectivity index (χ0v) is 51.5. The molecule has 29 nitrogen and oxygen atoms in total. The summed E-state index contributed by atoms with van der Waals surface area (Å²) in [5.74, 6) is -3.83. The molecular weight excluding hydrogens is 1040 g/mol. The molecule has 286 valence electrons. The minimum absolute atomic E-state index is 0. The summed E-state index contributed by atoms with van der Waals surface area (Å²) in [6.07, 6.45) is -22.7. The first kappa shape index (κ1) is 70.8. The number of hydrogen-bond acceptors (Lipinski definition) is 23. The normalized spacial score (nSPS) is 29.4. The van der Waals surface area contributed by atoms with Gasteiger partial charge in [0, 0.05) is 308 Å². The molecular formula is C12H22K6O29S6. The predicted molar refractivity (Wildman–Crippen MR) is 166 cm³/mol. The van der Waals surface area contributed by atoms with E-state index in [0.717, 1.165) is 0 Å². The molecule has 0 aromatic carbocycles. The Morgan fingerprint density at radius 3 is 1.30 bits per heavy atom. The summed E-state index contributed by atoms with van der Waals surface area (Å²) in [5.41, 5.74) is 0. The molecule has 0 unspecified atom stereocenters. The number of hydrogen-bond donors (Lipinski definition) is 8. The van der Waals surface area contributed by atoms with Crippen molar-refractivity contribution >= 4 is 371 Å². The van der Waals surface area contributed by atoms with Gasteiger partial charge >= 0.3 is 62.4 Å². The zero-order valence-electron chi connectivity index (χ0n) is 27.8. The SMILES string of the molecule is O=S(=O)(O)OC[C@H]1O[C@@](COS(=O)(=O)O)(O[C@H]2O[C@H](CO)[C@@H](O)[C@H](OS(=O)(=O)O)[C@H]2OS(=O)(=O)O)[C@@H](OS(=O)(=O)O)[C@@H]1OS(=O)(=O)O.[K].[K].[K].[K].[K].[K]. The Balaban J connectivity index is -0.00000128. The molecule has 2 aliphatic rings. The summed E-state index contributed by atoms with van der Waals surface area (Å²) in [4.78, 5) is 0. The van der Waals surface area contributed by atoms with Crippen molar-refractivity contribution in [3.63, 3.8) is 0 Å². The second-order valence-corrected chi connectivity index (χ2v) is 15.0. The van der Waals surface area contributed by atoms with Crippen LogP contribution in [0, 0.1) is 0 Å². The Labute approximate surface area is 557 Å². The van der Waals surface area contributed by atoms with Gasteiger partial charge in [-0.25, -0.2) is 25.1 Å². The van der Waals surface area contributed by atoms with E-state index in [-0.39, 0.29) is 308 Å². The molecule has 9 atom stereocenters. The number of rotatable bonds is 17. The summed E-state index contributed by atoms with van der Waals surface area (Å²) in [6, 6.07) is 0. The molecule has 0 amide bonds. The van der Waals surface area contributed by atoms with E-state index in [9.17, 15) is 74.4 Å². The van der Waals surface area contributed by atoms with Crippen LogP contribution in [0.5, 0.6) is 0 Å². The zero-order chi connectivity index (χ0) is 36.6. The van der Waals surface area contributed by atoms with Crippen LogP contribution in [0.4, 0.5) is 0 Å². The van der Waals surface area contributed by atoms with Crippen molar-refractivity contribution in [1.29, 1.82) is 0 Å². The van der Waals surface area contributed by atoms with Gasteiger partial charge in [0.15, 0.2) is 18.5 Å². The van der Waals surface area contributed by atoms with Crippen molar-refractivity contribution in [2.45, 2.75) is 54.8 Å². The van der Waals surface area contributed by atoms with Gasteiger partial charge < -0.3 is 24.4 Å². The smallest absolute Gasteiger partial charge is 0.394 e. The molecule has 41 heteroatoms. The fraction of sp³-hybridized carbons (Fsp3) is 1.00. The van der Waals surface area contributed by atoms with E-state index in [0.29, 0.717) is 0 Å². The van der Waals surface area contributed by atoms with Crippen molar-refractivity contribution in [3.05, 3.63) is 0 Å². The van der Waals surface area contributed by atoms with Gasteiger partial charge in [0.2, 0.25) is 5.79 Å². The average Bonchev–Trinajstić information content (AvgIpc) is 3.08. The third-order valence-electron chi connectivity index (χ3n) is 5.28. The van der Waals surface area contributed by atoms with Gasteiger partial charge in [-0.1, -0.05) is 0 Å². The van der Waals surface area contributed by atoms with Gasteiger partial charge in [-0.2, -0.15) is 50.5 Å². The third-order valence-corrected chi connectivity index (χ3v) is 7.97. The van der Waals surface area contributed by atoms with Crippen LogP contribution < -0.4 is 0 Å². The van der Waals surface area contributed by atoms with Crippen LogP contribution in [0.25, 0.3) is 0 Å². The fourth-order valence-electron chi connectivity index (χ4n) is 3.86. The summed E-state index contributed by atoms with van der Waals surface area (Å²) >= 11 is 0. The van der Waals surface area contributed by atoms with Gasteiger partial charge in [-0.3, -0.25) is 27.3 Å². The molecule has 2 rings (SSSR count). The van der Waals surface area contributed by atoms with Gasteiger partial charge in [-0.05, 0) is 0 Å². The Morgan fingerprint density at radius 2 is 0.925 bits per heavy atom. The van der Waals surface area contributed by atoms with Crippen LogP contribution in [-0.4, -0.2) is 471 Å². The first-order chi connectivity index (χ1) is 20.8. The Kier molecular flexibility index (Phi) is 38.6. The van der Waals surface area contributed by atoms with Gasteiger partial charge in [0.1, 0.15) is 37.1 Å². The van der Waals surface area contributed by atoms with E-state index in [4.69, 9.17) is 27.9 Å². The van der Waals surface area contributed by atoms with Crippen LogP contribution >= 0.6 is 0 Å². The first-order valence-electron chi connectivity index (χ1n) is 11.0. The van der Waals surface area contributed by atoms with Crippen molar-refractivity contribution < 1.29 is 127 Å². The summed E-state index contributed by atoms with van der Waals surface area (Å²) in [6.45, 7) is -5.34. The van der Waals surface area contributed by atoms with E-state index in [1.165, 1.54) is 0 Å². The molecule has 6 radical (unpaired) electrons.